The van der Waals surface area contributed by atoms with Crippen LogP contribution in [-0.2, 0) is 0 Å². The van der Waals surface area contributed by atoms with Gasteiger partial charge in [0.05, 0.1) is 27.9 Å². The van der Waals surface area contributed by atoms with Crippen molar-refractivity contribution in [2.75, 3.05) is 0 Å². The van der Waals surface area contributed by atoms with Gasteiger partial charge in [-0.2, -0.15) is 9.78 Å². The van der Waals surface area contributed by atoms with Crippen LogP contribution < -0.4 is 0 Å². The number of halogens is 3. The van der Waals surface area contributed by atoms with Crippen LogP contribution in [0.4, 0.5) is 4.39 Å². The molecule has 0 amide bonds. The van der Waals surface area contributed by atoms with Crippen molar-refractivity contribution in [1.29, 1.82) is 0 Å². The number of carboxylic acid groups (broad SMARTS) is 1. The van der Waals surface area contributed by atoms with Crippen LogP contribution in [0.2, 0.25) is 5.02 Å². The molecule has 10 heteroatoms. The average Bonchev–Trinajstić information content (AvgIpc) is 3.42. The minimum absolute atomic E-state index is 0.0500. The molecule has 7 nitrogen and oxygen atoms in total. The molecule has 2 heterocycles. The van der Waals surface area contributed by atoms with Crippen LogP contribution in [0.3, 0.4) is 0 Å². The molecule has 0 unspecified atom stereocenters. The van der Waals surface area contributed by atoms with Crippen LogP contribution >= 0.6 is 27.5 Å². The number of carboxylic acids is 1. The first kappa shape index (κ1) is 22.9. The maximum absolute atomic E-state index is 15.0. The average molecular weight is 555 g/mol. The number of carbonyl (C=O) groups excluding carboxylic acids is 1. The molecule has 0 spiro atoms. The van der Waals surface area contributed by atoms with Gasteiger partial charge in [0, 0.05) is 16.5 Å². The van der Waals surface area contributed by atoms with Crippen molar-refractivity contribution in [2.24, 2.45) is 0 Å². The van der Waals surface area contributed by atoms with Gasteiger partial charge in [-0.05, 0) is 70.9 Å². The van der Waals surface area contributed by atoms with Gasteiger partial charge in [-0.3, -0.25) is 4.79 Å². The normalized spacial score (nSPS) is 11.2. The third-order valence-corrected chi connectivity index (χ3v) is 6.19. The summed E-state index contributed by atoms with van der Waals surface area (Å²) in [4.78, 5) is 29.1. The minimum atomic E-state index is -1.25. The zero-order valence-electron chi connectivity index (χ0n) is 17.9. The maximum Gasteiger partial charge on any atom is 0.335 e. The molecule has 2 aromatic heterocycles. The van der Waals surface area contributed by atoms with E-state index in [0.717, 1.165) is 10.7 Å². The lowest BCUT2D eigenvalue weighted by Crippen LogP contribution is -2.15. The molecule has 0 radical (unpaired) electrons. The van der Waals surface area contributed by atoms with Crippen molar-refractivity contribution in [3.8, 4) is 22.7 Å². The first-order chi connectivity index (χ1) is 16.7. The second kappa shape index (κ2) is 8.75. The SMILES string of the molecule is Cc1cccc(Cl)c1C(=O)n1nc(-c2ccc(C(=O)O)cc2F)c2ccc(-c3ncc(Br)o3)cc21. The number of benzene rings is 3. The molecule has 5 rings (SSSR count). The van der Waals surface area contributed by atoms with Crippen LogP contribution in [0.1, 0.15) is 26.3 Å². The van der Waals surface area contributed by atoms with Gasteiger partial charge in [-0.25, -0.2) is 14.2 Å². The van der Waals surface area contributed by atoms with Crippen LogP contribution in [0.15, 0.2) is 69.9 Å². The van der Waals surface area contributed by atoms with Gasteiger partial charge in [0.15, 0.2) is 4.67 Å². The Labute approximate surface area is 210 Å². The summed E-state index contributed by atoms with van der Waals surface area (Å²) in [6, 6.07) is 13.7. The van der Waals surface area contributed by atoms with Gasteiger partial charge >= 0.3 is 5.97 Å². The van der Waals surface area contributed by atoms with Gasteiger partial charge in [0.2, 0.25) is 5.89 Å². The second-order valence-electron chi connectivity index (χ2n) is 7.70. The first-order valence-corrected chi connectivity index (χ1v) is 11.4. The lowest BCUT2D eigenvalue weighted by molar-refractivity contribution is 0.0696. The number of hydrogen-bond donors (Lipinski definition) is 1. The van der Waals surface area contributed by atoms with Crippen LogP contribution in [0.25, 0.3) is 33.6 Å². The van der Waals surface area contributed by atoms with Gasteiger partial charge in [0.1, 0.15) is 11.5 Å². The number of hydrogen-bond acceptors (Lipinski definition) is 5. The number of aromatic carboxylic acids is 1. The summed E-state index contributed by atoms with van der Waals surface area (Å²) in [5, 5.41) is 14.4. The Morgan fingerprint density at radius 2 is 1.94 bits per heavy atom. The predicted molar refractivity (Wildman–Crippen MR) is 131 cm³/mol. The van der Waals surface area contributed by atoms with Gasteiger partial charge < -0.3 is 9.52 Å². The van der Waals surface area contributed by atoms with Gasteiger partial charge in [-0.1, -0.05) is 23.7 Å². The van der Waals surface area contributed by atoms with Crippen molar-refractivity contribution < 1.29 is 23.5 Å². The molecular weight excluding hydrogens is 541 g/mol. The van der Waals surface area contributed by atoms with E-state index < -0.39 is 17.7 Å². The number of nitrogens with zero attached hydrogens (tertiary/aromatic N) is 3. The van der Waals surface area contributed by atoms with Crippen LogP contribution in [-0.4, -0.2) is 31.7 Å². The van der Waals surface area contributed by atoms with E-state index in [1.165, 1.54) is 18.3 Å². The summed E-state index contributed by atoms with van der Waals surface area (Å²) in [5.41, 5.74) is 1.88. The molecule has 0 atom stereocenters. The Hall–Kier alpha value is -3.82. The van der Waals surface area contributed by atoms with E-state index in [2.05, 4.69) is 26.0 Å². The van der Waals surface area contributed by atoms with E-state index in [0.29, 0.717) is 32.6 Å². The van der Waals surface area contributed by atoms with Crippen molar-refractivity contribution in [3.63, 3.8) is 0 Å². The zero-order chi connectivity index (χ0) is 24.9. The largest absolute Gasteiger partial charge is 0.478 e. The molecule has 174 valence electrons. The summed E-state index contributed by atoms with van der Waals surface area (Å²) in [6.45, 7) is 1.76. The van der Waals surface area contributed by atoms with E-state index in [4.69, 9.17) is 16.0 Å². The fourth-order valence-corrected chi connectivity index (χ4v) is 4.40. The molecule has 3 aromatic carbocycles. The van der Waals surface area contributed by atoms with Crippen LogP contribution in [0, 0.1) is 12.7 Å². The zero-order valence-corrected chi connectivity index (χ0v) is 20.3. The highest BCUT2D eigenvalue weighted by Gasteiger charge is 2.24. The van der Waals surface area contributed by atoms with E-state index in [1.54, 1.807) is 43.3 Å². The number of rotatable bonds is 4. The molecule has 0 aliphatic carbocycles. The molecule has 0 aliphatic rings. The molecular formula is C25H14BrClFN3O4. The van der Waals surface area contributed by atoms with Crippen molar-refractivity contribution in [2.45, 2.75) is 6.92 Å². The molecule has 0 bridgehead atoms. The van der Waals surface area contributed by atoms with Gasteiger partial charge in [-0.15, -0.1) is 0 Å². The minimum Gasteiger partial charge on any atom is -0.478 e. The molecule has 1 N–H and O–H groups in total. The summed E-state index contributed by atoms with van der Waals surface area (Å²) in [7, 11) is 0. The number of fused-ring (bicyclic) bond motifs is 1. The fourth-order valence-electron chi connectivity index (χ4n) is 3.84. The van der Waals surface area contributed by atoms with Gasteiger partial charge in [0.25, 0.3) is 5.91 Å². The molecule has 0 aliphatic heterocycles. The van der Waals surface area contributed by atoms with Crippen LogP contribution in [0.5, 0.6) is 0 Å². The van der Waals surface area contributed by atoms with E-state index >= 15 is 0 Å². The summed E-state index contributed by atoms with van der Waals surface area (Å²) in [6.07, 6.45) is 1.50. The molecule has 0 fully saturated rings. The summed E-state index contributed by atoms with van der Waals surface area (Å²) in [5.74, 6) is -2.22. The lowest BCUT2D eigenvalue weighted by atomic mass is 10.0. The maximum atomic E-state index is 15.0. The quantitative estimate of drug-likeness (QED) is 0.268. The molecule has 0 saturated heterocycles. The number of aromatic nitrogens is 3. The standard InChI is InChI=1S/C25H14BrClFN3O4/c1-12-3-2-4-17(27)21(12)24(32)31-19-10-13(23-29-11-20(26)35-23)5-8-16(19)22(30-31)15-7-6-14(25(33)34)9-18(15)28/h2-11H,1H3,(H,33,34). The first-order valence-electron chi connectivity index (χ1n) is 10.2. The number of aryl methyl sites for hydroxylation is 1. The predicted octanol–water partition coefficient (Wildman–Crippen LogP) is 6.61. The Kier molecular flexibility index (Phi) is 5.74. The Morgan fingerprint density at radius 1 is 1.14 bits per heavy atom. The summed E-state index contributed by atoms with van der Waals surface area (Å²) >= 11 is 9.57. The highest BCUT2D eigenvalue weighted by molar-refractivity contribution is 9.10. The third-order valence-electron chi connectivity index (χ3n) is 5.50. The lowest BCUT2D eigenvalue weighted by Gasteiger charge is -2.08. The van der Waals surface area contributed by atoms with E-state index in [-0.39, 0.29) is 27.4 Å². The number of carbonyl (C=O) groups is 2. The topological polar surface area (TPSA) is 98.2 Å². The molecule has 0 saturated carbocycles. The van der Waals surface area contributed by atoms with Crippen molar-refractivity contribution in [1.82, 2.24) is 14.8 Å². The third kappa shape index (κ3) is 4.02. The van der Waals surface area contributed by atoms with Crippen molar-refractivity contribution in [3.05, 3.63) is 93.0 Å². The second-order valence-corrected chi connectivity index (χ2v) is 8.89. The Balaban J connectivity index is 1.77. The highest BCUT2D eigenvalue weighted by Crippen LogP contribution is 2.34. The smallest absolute Gasteiger partial charge is 0.335 e. The Morgan fingerprint density at radius 3 is 2.60 bits per heavy atom. The molecule has 5 aromatic rings. The molecule has 35 heavy (non-hydrogen) atoms. The fraction of sp³-hybridized carbons (Fsp3) is 0.0400. The Bertz CT molecular complexity index is 1640. The number of oxazole rings is 1. The monoisotopic (exact) mass is 553 g/mol. The van der Waals surface area contributed by atoms with E-state index in [1.807, 2.05) is 0 Å². The van der Waals surface area contributed by atoms with Crippen molar-refractivity contribution >= 4 is 50.3 Å². The highest BCUT2D eigenvalue weighted by atomic mass is 79.9. The summed E-state index contributed by atoms with van der Waals surface area (Å²) < 4.78 is 22.1. The van der Waals surface area contributed by atoms with E-state index in [9.17, 15) is 19.1 Å².